The van der Waals surface area contributed by atoms with Crippen molar-refractivity contribution >= 4 is 23.2 Å². The van der Waals surface area contributed by atoms with Crippen molar-refractivity contribution in [2.75, 3.05) is 0 Å². The second kappa shape index (κ2) is 6.21. The number of nitrogens with two attached hydrogens (primary N) is 1. The van der Waals surface area contributed by atoms with E-state index >= 15 is 0 Å². The second-order valence-corrected chi connectivity index (χ2v) is 6.97. The van der Waals surface area contributed by atoms with Crippen molar-refractivity contribution in [3.05, 3.63) is 33.6 Å². The van der Waals surface area contributed by atoms with Crippen molar-refractivity contribution in [2.45, 2.75) is 51.5 Å². The van der Waals surface area contributed by atoms with E-state index in [4.69, 9.17) is 28.9 Å². The zero-order valence-electron chi connectivity index (χ0n) is 12.1. The maximum Gasteiger partial charge on any atom is 0.142 e. The Balaban J connectivity index is 2.24. The molecule has 0 bridgehead atoms. The van der Waals surface area contributed by atoms with Gasteiger partial charge in [0.05, 0.1) is 5.02 Å². The standard InChI is InChI=1S/C16H22Cl2FN/c1-3-10-4-6-11(7-5-10)16(2,20)12-8-15(19)14(18)9-13(12)17/h8-11H,3-7,20H2,1-2H3. The van der Waals surface area contributed by atoms with Gasteiger partial charge in [-0.1, -0.05) is 49.4 Å². The van der Waals surface area contributed by atoms with E-state index in [1.54, 1.807) is 0 Å². The van der Waals surface area contributed by atoms with Gasteiger partial charge in [-0.2, -0.15) is 0 Å². The minimum Gasteiger partial charge on any atom is -0.321 e. The summed E-state index contributed by atoms with van der Waals surface area (Å²) in [6.45, 7) is 4.19. The van der Waals surface area contributed by atoms with Gasteiger partial charge in [0, 0.05) is 10.6 Å². The van der Waals surface area contributed by atoms with Crippen LogP contribution in [0.25, 0.3) is 0 Å². The molecule has 1 aliphatic rings. The summed E-state index contributed by atoms with van der Waals surface area (Å²) in [5.74, 6) is 0.688. The smallest absolute Gasteiger partial charge is 0.142 e. The van der Waals surface area contributed by atoms with Crippen molar-refractivity contribution in [2.24, 2.45) is 17.6 Å². The minimum absolute atomic E-state index is 0.0456. The molecule has 0 radical (unpaired) electrons. The lowest BCUT2D eigenvalue weighted by Gasteiger charge is -2.39. The maximum atomic E-state index is 13.7. The van der Waals surface area contributed by atoms with Crippen LogP contribution in [0.3, 0.4) is 0 Å². The summed E-state index contributed by atoms with van der Waals surface area (Å²) in [6.07, 6.45) is 5.77. The molecule has 1 atom stereocenters. The zero-order chi connectivity index (χ0) is 14.9. The lowest BCUT2D eigenvalue weighted by Crippen LogP contribution is -2.43. The average molecular weight is 318 g/mol. The Morgan fingerprint density at radius 3 is 2.35 bits per heavy atom. The van der Waals surface area contributed by atoms with Crippen molar-refractivity contribution in [1.82, 2.24) is 0 Å². The SMILES string of the molecule is CCC1CCC(C(C)(N)c2cc(F)c(Cl)cc2Cl)CC1. The highest BCUT2D eigenvalue weighted by Gasteiger charge is 2.36. The molecule has 0 spiro atoms. The van der Waals surface area contributed by atoms with Crippen molar-refractivity contribution in [3.63, 3.8) is 0 Å². The molecule has 1 aliphatic carbocycles. The van der Waals surface area contributed by atoms with Crippen LogP contribution in [0.15, 0.2) is 12.1 Å². The van der Waals surface area contributed by atoms with E-state index in [-0.39, 0.29) is 5.02 Å². The highest BCUT2D eigenvalue weighted by Crippen LogP contribution is 2.42. The molecule has 1 nitrogen and oxygen atoms in total. The number of halogens is 3. The number of hydrogen-bond donors (Lipinski definition) is 1. The number of hydrogen-bond acceptors (Lipinski definition) is 1. The van der Waals surface area contributed by atoms with E-state index in [0.717, 1.165) is 18.8 Å². The highest BCUT2D eigenvalue weighted by atomic mass is 35.5. The van der Waals surface area contributed by atoms with Gasteiger partial charge in [0.2, 0.25) is 0 Å². The number of benzene rings is 1. The molecule has 0 aliphatic heterocycles. The molecule has 1 aromatic rings. The Morgan fingerprint density at radius 1 is 1.20 bits per heavy atom. The van der Waals surface area contributed by atoms with Crippen LogP contribution in [0.5, 0.6) is 0 Å². The quantitative estimate of drug-likeness (QED) is 0.729. The van der Waals surface area contributed by atoms with Crippen LogP contribution in [-0.4, -0.2) is 0 Å². The summed E-state index contributed by atoms with van der Waals surface area (Å²) in [4.78, 5) is 0. The molecule has 20 heavy (non-hydrogen) atoms. The fourth-order valence-corrected chi connectivity index (χ4v) is 3.91. The lowest BCUT2D eigenvalue weighted by molar-refractivity contribution is 0.183. The Bertz CT molecular complexity index is 480. The third-order valence-corrected chi connectivity index (χ3v) is 5.46. The molecule has 2 N–H and O–H groups in total. The van der Waals surface area contributed by atoms with Crippen molar-refractivity contribution in [3.8, 4) is 0 Å². The predicted molar refractivity (Wildman–Crippen MR) is 83.7 cm³/mol. The van der Waals surface area contributed by atoms with E-state index in [2.05, 4.69) is 6.92 Å². The van der Waals surface area contributed by atoms with E-state index in [9.17, 15) is 4.39 Å². The lowest BCUT2D eigenvalue weighted by atomic mass is 9.70. The summed E-state index contributed by atoms with van der Waals surface area (Å²) in [5.41, 5.74) is 6.58. The molecule has 1 unspecified atom stereocenters. The van der Waals surface area contributed by atoms with Gasteiger partial charge in [0.15, 0.2) is 0 Å². The molecule has 0 saturated heterocycles. The van der Waals surface area contributed by atoms with Crippen molar-refractivity contribution < 1.29 is 4.39 Å². The monoisotopic (exact) mass is 317 g/mol. The van der Waals surface area contributed by atoms with Crippen LogP contribution in [0.2, 0.25) is 10.0 Å². The summed E-state index contributed by atoms with van der Waals surface area (Å²) in [7, 11) is 0. The molecule has 1 aromatic carbocycles. The molecule has 0 amide bonds. The van der Waals surface area contributed by atoms with Crippen LogP contribution >= 0.6 is 23.2 Å². The fourth-order valence-electron chi connectivity index (χ4n) is 3.33. The summed E-state index contributed by atoms with van der Waals surface area (Å²) in [5, 5.41) is 0.503. The van der Waals surface area contributed by atoms with E-state index in [1.807, 2.05) is 6.92 Å². The first-order valence-electron chi connectivity index (χ1n) is 7.30. The van der Waals surface area contributed by atoms with Crippen LogP contribution in [-0.2, 0) is 5.54 Å². The fraction of sp³-hybridized carbons (Fsp3) is 0.625. The first-order chi connectivity index (χ1) is 9.36. The topological polar surface area (TPSA) is 26.0 Å². The van der Waals surface area contributed by atoms with E-state index < -0.39 is 11.4 Å². The molecule has 4 heteroatoms. The van der Waals surface area contributed by atoms with Gasteiger partial charge >= 0.3 is 0 Å². The third kappa shape index (κ3) is 3.13. The number of rotatable bonds is 3. The largest absolute Gasteiger partial charge is 0.321 e. The maximum absolute atomic E-state index is 13.7. The molecule has 2 rings (SSSR count). The Hall–Kier alpha value is -0.310. The molecule has 0 heterocycles. The molecule has 0 aromatic heterocycles. The summed E-state index contributed by atoms with van der Waals surface area (Å²) in [6, 6.07) is 2.85. The van der Waals surface area contributed by atoms with Crippen LogP contribution in [0.4, 0.5) is 4.39 Å². The van der Waals surface area contributed by atoms with E-state index in [0.29, 0.717) is 16.5 Å². The zero-order valence-corrected chi connectivity index (χ0v) is 13.6. The summed E-state index contributed by atoms with van der Waals surface area (Å²) < 4.78 is 13.7. The van der Waals surface area contributed by atoms with E-state index in [1.165, 1.54) is 31.4 Å². The second-order valence-electron chi connectivity index (χ2n) is 6.15. The molecular weight excluding hydrogens is 296 g/mol. The average Bonchev–Trinajstić information content (AvgIpc) is 2.42. The van der Waals surface area contributed by atoms with Crippen molar-refractivity contribution in [1.29, 1.82) is 0 Å². The van der Waals surface area contributed by atoms with Gasteiger partial charge in [-0.05, 0) is 49.3 Å². The highest BCUT2D eigenvalue weighted by molar-refractivity contribution is 6.35. The van der Waals surface area contributed by atoms with Crippen LogP contribution < -0.4 is 5.73 Å². The first kappa shape index (κ1) is 16.1. The minimum atomic E-state index is -0.610. The Morgan fingerprint density at radius 2 is 1.80 bits per heavy atom. The van der Waals surface area contributed by atoms with Gasteiger partial charge in [-0.15, -0.1) is 0 Å². The predicted octanol–water partition coefficient (Wildman–Crippen LogP) is 5.52. The van der Waals surface area contributed by atoms with Gasteiger partial charge in [-0.25, -0.2) is 4.39 Å². The molecule has 1 saturated carbocycles. The molecule has 112 valence electrons. The first-order valence-corrected chi connectivity index (χ1v) is 8.05. The Kier molecular flexibility index (Phi) is 4.99. The van der Waals surface area contributed by atoms with Gasteiger partial charge < -0.3 is 5.73 Å². The Labute approximate surface area is 130 Å². The molecule has 1 fully saturated rings. The summed E-state index contributed by atoms with van der Waals surface area (Å²) >= 11 is 12.0. The van der Waals surface area contributed by atoms with Gasteiger partial charge in [0.1, 0.15) is 5.82 Å². The normalized spacial score (nSPS) is 26.3. The van der Waals surface area contributed by atoms with Crippen LogP contribution in [0.1, 0.15) is 51.5 Å². The van der Waals surface area contributed by atoms with Gasteiger partial charge in [-0.3, -0.25) is 0 Å². The van der Waals surface area contributed by atoms with Crippen LogP contribution in [0, 0.1) is 17.7 Å². The van der Waals surface area contributed by atoms with Gasteiger partial charge in [0.25, 0.3) is 0 Å². The third-order valence-electron chi connectivity index (χ3n) is 4.86. The molecular formula is C16H22Cl2FN.